The van der Waals surface area contributed by atoms with Gasteiger partial charge in [0.25, 0.3) is 0 Å². The van der Waals surface area contributed by atoms with Crippen LogP contribution in [0, 0.1) is 0 Å². The van der Waals surface area contributed by atoms with Gasteiger partial charge in [0.1, 0.15) is 5.82 Å². The predicted molar refractivity (Wildman–Crippen MR) is 88.2 cm³/mol. The van der Waals surface area contributed by atoms with Crippen LogP contribution < -0.4 is 4.90 Å². The van der Waals surface area contributed by atoms with Crippen LogP contribution in [0.25, 0.3) is 0 Å². The zero-order valence-corrected chi connectivity index (χ0v) is 13.7. The summed E-state index contributed by atoms with van der Waals surface area (Å²) in [6, 6.07) is 8.13. The van der Waals surface area contributed by atoms with E-state index >= 15 is 0 Å². The lowest BCUT2D eigenvalue weighted by Crippen LogP contribution is -2.45. The molecule has 21 heavy (non-hydrogen) atoms. The number of rotatable bonds is 4. The van der Waals surface area contributed by atoms with Gasteiger partial charge in [0.2, 0.25) is 5.13 Å². The Morgan fingerprint density at radius 3 is 2.48 bits per heavy atom. The third kappa shape index (κ3) is 3.73. The molecule has 0 spiro atoms. The highest BCUT2D eigenvalue weighted by Gasteiger charge is 2.19. The lowest BCUT2D eigenvalue weighted by atomic mass is 10.2. The Labute approximate surface area is 134 Å². The third-order valence-corrected chi connectivity index (χ3v) is 4.80. The SMILES string of the molecule is CCc1nsc(N2CCN(Cc3ccc(Cl)cc3)CC2)n1. The smallest absolute Gasteiger partial charge is 0.205 e. The van der Waals surface area contributed by atoms with Gasteiger partial charge < -0.3 is 4.90 Å². The average Bonchev–Trinajstić information content (AvgIpc) is 2.99. The maximum Gasteiger partial charge on any atom is 0.205 e. The number of hydrogen-bond acceptors (Lipinski definition) is 5. The van der Waals surface area contributed by atoms with Crippen molar-refractivity contribution in [1.29, 1.82) is 0 Å². The summed E-state index contributed by atoms with van der Waals surface area (Å²) in [6.45, 7) is 7.24. The van der Waals surface area contributed by atoms with Crippen LogP contribution in [0.5, 0.6) is 0 Å². The van der Waals surface area contributed by atoms with E-state index in [1.54, 1.807) is 0 Å². The molecule has 0 N–H and O–H groups in total. The zero-order chi connectivity index (χ0) is 14.7. The van der Waals surface area contributed by atoms with Gasteiger partial charge in [0.15, 0.2) is 0 Å². The van der Waals surface area contributed by atoms with Crippen molar-refractivity contribution < 1.29 is 0 Å². The van der Waals surface area contributed by atoms with Crippen molar-refractivity contribution in [2.24, 2.45) is 0 Å². The van der Waals surface area contributed by atoms with Gasteiger partial charge >= 0.3 is 0 Å². The fourth-order valence-corrected chi connectivity index (χ4v) is 3.39. The highest BCUT2D eigenvalue weighted by atomic mass is 35.5. The van der Waals surface area contributed by atoms with E-state index in [0.717, 1.165) is 55.1 Å². The molecule has 0 saturated carbocycles. The van der Waals surface area contributed by atoms with Crippen molar-refractivity contribution in [3.8, 4) is 0 Å². The number of hydrogen-bond donors (Lipinski definition) is 0. The molecule has 0 bridgehead atoms. The van der Waals surface area contributed by atoms with Gasteiger partial charge in [-0.15, -0.1) is 0 Å². The second-order valence-corrected chi connectivity index (χ2v) is 6.40. The third-order valence-electron chi connectivity index (χ3n) is 3.74. The molecule has 2 heterocycles. The molecule has 0 aliphatic carbocycles. The second kappa shape index (κ2) is 6.73. The Morgan fingerprint density at radius 1 is 1.14 bits per heavy atom. The van der Waals surface area contributed by atoms with E-state index in [4.69, 9.17) is 11.6 Å². The van der Waals surface area contributed by atoms with Gasteiger partial charge in [-0.2, -0.15) is 4.37 Å². The molecule has 0 atom stereocenters. The molecule has 112 valence electrons. The van der Waals surface area contributed by atoms with Crippen LogP contribution in [0.4, 0.5) is 5.13 Å². The van der Waals surface area contributed by atoms with Gasteiger partial charge in [0, 0.05) is 55.7 Å². The van der Waals surface area contributed by atoms with Crippen LogP contribution >= 0.6 is 23.1 Å². The number of benzene rings is 1. The Hall–Kier alpha value is -1.17. The molecule has 0 unspecified atom stereocenters. The van der Waals surface area contributed by atoms with Crippen LogP contribution in [0.1, 0.15) is 18.3 Å². The molecular weight excluding hydrogens is 304 g/mol. The van der Waals surface area contributed by atoms with Gasteiger partial charge in [-0.25, -0.2) is 4.98 Å². The van der Waals surface area contributed by atoms with Crippen molar-refractivity contribution in [1.82, 2.24) is 14.3 Å². The van der Waals surface area contributed by atoms with E-state index in [1.165, 1.54) is 17.1 Å². The second-order valence-electron chi connectivity index (χ2n) is 5.24. The lowest BCUT2D eigenvalue weighted by molar-refractivity contribution is 0.250. The quantitative estimate of drug-likeness (QED) is 0.866. The minimum Gasteiger partial charge on any atom is -0.344 e. The summed E-state index contributed by atoms with van der Waals surface area (Å²) >= 11 is 7.44. The largest absolute Gasteiger partial charge is 0.344 e. The molecule has 4 nitrogen and oxygen atoms in total. The first kappa shape index (κ1) is 14.8. The molecule has 0 amide bonds. The molecule has 1 saturated heterocycles. The van der Waals surface area contributed by atoms with Crippen molar-refractivity contribution in [2.75, 3.05) is 31.1 Å². The fourth-order valence-electron chi connectivity index (χ4n) is 2.46. The Kier molecular flexibility index (Phi) is 4.73. The van der Waals surface area contributed by atoms with Crippen molar-refractivity contribution in [3.63, 3.8) is 0 Å². The summed E-state index contributed by atoms with van der Waals surface area (Å²) in [5.74, 6) is 0.957. The van der Waals surface area contributed by atoms with Crippen LogP contribution in [0.15, 0.2) is 24.3 Å². The van der Waals surface area contributed by atoms with Crippen molar-refractivity contribution in [3.05, 3.63) is 40.7 Å². The van der Waals surface area contributed by atoms with E-state index in [1.807, 2.05) is 12.1 Å². The summed E-state index contributed by atoms with van der Waals surface area (Å²) in [5, 5.41) is 1.87. The van der Waals surface area contributed by atoms with Gasteiger partial charge in [-0.1, -0.05) is 30.7 Å². The molecule has 6 heteroatoms. The summed E-state index contributed by atoms with van der Waals surface area (Å²) in [5.41, 5.74) is 1.32. The molecule has 1 aromatic heterocycles. The molecule has 1 fully saturated rings. The molecule has 3 rings (SSSR count). The van der Waals surface area contributed by atoms with E-state index < -0.39 is 0 Å². The van der Waals surface area contributed by atoms with Gasteiger partial charge in [-0.3, -0.25) is 4.90 Å². The minimum atomic E-state index is 0.798. The van der Waals surface area contributed by atoms with Crippen LogP contribution in [-0.4, -0.2) is 40.4 Å². The maximum atomic E-state index is 5.92. The molecule has 2 aromatic rings. The van der Waals surface area contributed by atoms with Gasteiger partial charge in [0.05, 0.1) is 0 Å². The van der Waals surface area contributed by atoms with E-state index in [2.05, 4.69) is 38.2 Å². The molecule has 1 aliphatic rings. The monoisotopic (exact) mass is 322 g/mol. The highest BCUT2D eigenvalue weighted by Crippen LogP contribution is 2.20. The Morgan fingerprint density at radius 2 is 1.86 bits per heavy atom. The summed E-state index contributed by atoms with van der Waals surface area (Å²) < 4.78 is 4.37. The number of halogens is 1. The number of nitrogens with zero attached hydrogens (tertiary/aromatic N) is 4. The summed E-state index contributed by atoms with van der Waals surface area (Å²) in [6.07, 6.45) is 0.910. The minimum absolute atomic E-state index is 0.798. The zero-order valence-electron chi connectivity index (χ0n) is 12.1. The van der Waals surface area contributed by atoms with E-state index in [9.17, 15) is 0 Å². The molecule has 1 aliphatic heterocycles. The van der Waals surface area contributed by atoms with Crippen LogP contribution in [0.3, 0.4) is 0 Å². The first-order valence-corrected chi connectivity index (χ1v) is 8.44. The first-order chi connectivity index (χ1) is 10.2. The molecule has 0 radical (unpaired) electrons. The van der Waals surface area contributed by atoms with Crippen LogP contribution in [-0.2, 0) is 13.0 Å². The van der Waals surface area contributed by atoms with Gasteiger partial charge in [-0.05, 0) is 17.7 Å². The Bertz CT molecular complexity index is 576. The lowest BCUT2D eigenvalue weighted by Gasteiger charge is -2.34. The number of aryl methyl sites for hydroxylation is 1. The normalized spacial score (nSPS) is 16.4. The van der Waals surface area contributed by atoms with Crippen molar-refractivity contribution in [2.45, 2.75) is 19.9 Å². The average molecular weight is 323 g/mol. The first-order valence-electron chi connectivity index (χ1n) is 7.29. The Balaban J connectivity index is 1.54. The summed E-state index contributed by atoms with van der Waals surface area (Å²) in [7, 11) is 0. The standard InChI is InChI=1S/C15H19ClN4S/c1-2-14-17-15(21-18-14)20-9-7-19(8-10-20)11-12-3-5-13(16)6-4-12/h3-6H,2,7-11H2,1H3. The molecular formula is C15H19ClN4S. The van der Waals surface area contributed by atoms with Crippen LogP contribution in [0.2, 0.25) is 5.02 Å². The van der Waals surface area contributed by atoms with Crippen molar-refractivity contribution >= 4 is 28.3 Å². The fraction of sp³-hybridized carbons (Fsp3) is 0.467. The number of anilines is 1. The predicted octanol–water partition coefficient (Wildman–Crippen LogP) is 3.08. The van der Waals surface area contributed by atoms with E-state index in [0.29, 0.717) is 0 Å². The van der Waals surface area contributed by atoms with E-state index in [-0.39, 0.29) is 0 Å². The number of piperazine rings is 1. The maximum absolute atomic E-state index is 5.92. The number of aromatic nitrogens is 2. The summed E-state index contributed by atoms with van der Waals surface area (Å²) in [4.78, 5) is 9.39. The highest BCUT2D eigenvalue weighted by molar-refractivity contribution is 7.09. The topological polar surface area (TPSA) is 32.3 Å². The molecule has 1 aromatic carbocycles.